The summed E-state index contributed by atoms with van der Waals surface area (Å²) < 4.78 is 10.2. The topological polar surface area (TPSA) is 103 Å². The number of carbonyl (C=O) groups excluding carboxylic acids is 1. The van der Waals surface area contributed by atoms with Crippen LogP contribution in [0.5, 0.6) is 11.5 Å². The SMILES string of the molecule is COc1ccccc1NCC(=O)Nc1cc(OC)c([N+](=O)[O-])cc1C. The zero-order valence-electron chi connectivity index (χ0n) is 14.2. The van der Waals surface area contributed by atoms with E-state index in [9.17, 15) is 14.9 Å². The van der Waals surface area contributed by atoms with Crippen LogP contribution in [-0.4, -0.2) is 31.6 Å². The van der Waals surface area contributed by atoms with E-state index >= 15 is 0 Å². The lowest BCUT2D eigenvalue weighted by Gasteiger charge is -2.13. The van der Waals surface area contributed by atoms with Crippen LogP contribution in [-0.2, 0) is 4.79 Å². The fourth-order valence-corrected chi connectivity index (χ4v) is 2.27. The number of hydrogen-bond donors (Lipinski definition) is 2. The van der Waals surface area contributed by atoms with Crippen LogP contribution in [0.1, 0.15) is 5.56 Å². The number of nitrogens with one attached hydrogen (secondary N) is 2. The van der Waals surface area contributed by atoms with Crippen LogP contribution in [0.25, 0.3) is 0 Å². The molecule has 0 bridgehead atoms. The highest BCUT2D eigenvalue weighted by Gasteiger charge is 2.18. The first kappa shape index (κ1) is 18.1. The number of aryl methyl sites for hydroxylation is 1. The predicted molar refractivity (Wildman–Crippen MR) is 94.5 cm³/mol. The number of carbonyl (C=O) groups is 1. The van der Waals surface area contributed by atoms with Crippen molar-refractivity contribution in [2.45, 2.75) is 6.92 Å². The van der Waals surface area contributed by atoms with Crippen molar-refractivity contribution in [3.8, 4) is 11.5 Å². The molecule has 2 N–H and O–H groups in total. The maximum absolute atomic E-state index is 12.2. The standard InChI is InChI=1S/C17H19N3O5/c1-11-8-14(20(22)23)16(25-3)9-13(11)19-17(21)10-18-12-6-4-5-7-15(12)24-2/h4-9,18H,10H2,1-3H3,(H,19,21). The van der Waals surface area contributed by atoms with E-state index in [2.05, 4.69) is 10.6 Å². The number of ether oxygens (including phenoxy) is 2. The molecule has 2 aromatic carbocycles. The van der Waals surface area contributed by atoms with Crippen molar-refractivity contribution in [3.63, 3.8) is 0 Å². The fraction of sp³-hybridized carbons (Fsp3) is 0.235. The van der Waals surface area contributed by atoms with Gasteiger partial charge in [0.25, 0.3) is 0 Å². The van der Waals surface area contributed by atoms with Gasteiger partial charge in [-0.15, -0.1) is 0 Å². The fourth-order valence-electron chi connectivity index (χ4n) is 2.27. The quantitative estimate of drug-likeness (QED) is 0.591. The molecule has 0 heterocycles. The molecule has 2 aromatic rings. The number of benzene rings is 2. The first-order valence-electron chi connectivity index (χ1n) is 7.46. The minimum atomic E-state index is -0.527. The van der Waals surface area contributed by atoms with E-state index in [1.54, 1.807) is 26.2 Å². The molecule has 2 rings (SSSR count). The molecule has 132 valence electrons. The highest BCUT2D eigenvalue weighted by molar-refractivity contribution is 5.95. The Morgan fingerprint density at radius 1 is 1.12 bits per heavy atom. The van der Waals surface area contributed by atoms with Gasteiger partial charge in [-0.25, -0.2) is 0 Å². The summed E-state index contributed by atoms with van der Waals surface area (Å²) in [4.78, 5) is 22.6. The van der Waals surface area contributed by atoms with Gasteiger partial charge in [-0.2, -0.15) is 0 Å². The van der Waals surface area contributed by atoms with Crippen molar-refractivity contribution in [1.82, 2.24) is 0 Å². The Labute approximate surface area is 144 Å². The third-order valence-corrected chi connectivity index (χ3v) is 3.54. The Morgan fingerprint density at radius 3 is 2.44 bits per heavy atom. The Kier molecular flexibility index (Phi) is 5.78. The van der Waals surface area contributed by atoms with Crippen LogP contribution in [0, 0.1) is 17.0 Å². The van der Waals surface area contributed by atoms with E-state index < -0.39 is 4.92 Å². The molecule has 0 fully saturated rings. The minimum absolute atomic E-state index is 0.0130. The van der Waals surface area contributed by atoms with Crippen LogP contribution in [0.15, 0.2) is 36.4 Å². The number of amides is 1. The predicted octanol–water partition coefficient (Wildman–Crippen LogP) is 2.97. The van der Waals surface area contributed by atoms with Gasteiger partial charge in [0, 0.05) is 17.8 Å². The largest absolute Gasteiger partial charge is 0.495 e. The van der Waals surface area contributed by atoms with Gasteiger partial charge in [-0.3, -0.25) is 14.9 Å². The van der Waals surface area contributed by atoms with Gasteiger partial charge in [-0.05, 0) is 24.6 Å². The highest BCUT2D eigenvalue weighted by atomic mass is 16.6. The summed E-state index contributed by atoms with van der Waals surface area (Å²) in [5.74, 6) is 0.414. The summed E-state index contributed by atoms with van der Waals surface area (Å²) in [6, 6.07) is 10.0. The highest BCUT2D eigenvalue weighted by Crippen LogP contribution is 2.32. The summed E-state index contributed by atoms with van der Waals surface area (Å²) in [5, 5.41) is 16.7. The van der Waals surface area contributed by atoms with Crippen LogP contribution >= 0.6 is 0 Å². The summed E-state index contributed by atoms with van der Waals surface area (Å²) >= 11 is 0. The molecule has 0 aliphatic carbocycles. The number of nitro benzene ring substituents is 1. The van der Waals surface area contributed by atoms with Gasteiger partial charge in [0.2, 0.25) is 5.91 Å². The number of nitrogens with zero attached hydrogens (tertiary/aromatic N) is 1. The first-order valence-corrected chi connectivity index (χ1v) is 7.46. The molecule has 8 nitrogen and oxygen atoms in total. The molecule has 0 spiro atoms. The van der Waals surface area contributed by atoms with E-state index in [1.807, 2.05) is 12.1 Å². The lowest BCUT2D eigenvalue weighted by atomic mass is 10.1. The number of para-hydroxylation sites is 2. The van der Waals surface area contributed by atoms with Crippen molar-refractivity contribution >= 4 is 23.0 Å². The van der Waals surface area contributed by atoms with Gasteiger partial charge in [0.1, 0.15) is 5.75 Å². The first-order chi connectivity index (χ1) is 12.0. The average Bonchev–Trinajstić information content (AvgIpc) is 2.61. The third kappa shape index (κ3) is 4.37. The molecule has 0 aliphatic rings. The van der Waals surface area contributed by atoms with E-state index in [-0.39, 0.29) is 23.9 Å². The van der Waals surface area contributed by atoms with Gasteiger partial charge >= 0.3 is 5.69 Å². The minimum Gasteiger partial charge on any atom is -0.495 e. The Balaban J connectivity index is 2.09. The summed E-state index contributed by atoms with van der Waals surface area (Å²) in [6.45, 7) is 1.69. The Hall–Kier alpha value is -3.29. The molecule has 0 aromatic heterocycles. The summed E-state index contributed by atoms with van der Waals surface area (Å²) in [7, 11) is 2.89. The Bertz CT molecular complexity index is 792. The number of nitro groups is 1. The van der Waals surface area contributed by atoms with Crippen molar-refractivity contribution in [2.75, 3.05) is 31.4 Å². The summed E-state index contributed by atoms with van der Waals surface area (Å²) in [5.41, 5.74) is 1.57. The monoisotopic (exact) mass is 345 g/mol. The number of rotatable bonds is 7. The second-order valence-electron chi connectivity index (χ2n) is 5.20. The second kappa shape index (κ2) is 8.00. The van der Waals surface area contributed by atoms with Gasteiger partial charge in [0.05, 0.1) is 31.4 Å². The van der Waals surface area contributed by atoms with Gasteiger partial charge < -0.3 is 20.1 Å². The van der Waals surface area contributed by atoms with Crippen molar-refractivity contribution in [2.24, 2.45) is 0 Å². The number of methoxy groups -OCH3 is 2. The summed E-state index contributed by atoms with van der Waals surface area (Å²) in [6.07, 6.45) is 0. The molecule has 0 radical (unpaired) electrons. The average molecular weight is 345 g/mol. The molecule has 0 saturated heterocycles. The molecule has 0 atom stereocenters. The molecular weight excluding hydrogens is 326 g/mol. The van der Waals surface area contributed by atoms with Crippen LogP contribution in [0.3, 0.4) is 0 Å². The molecule has 8 heteroatoms. The van der Waals surface area contributed by atoms with E-state index in [4.69, 9.17) is 9.47 Å². The van der Waals surface area contributed by atoms with Gasteiger partial charge in [-0.1, -0.05) is 12.1 Å². The van der Waals surface area contributed by atoms with Crippen molar-refractivity contribution in [3.05, 3.63) is 52.1 Å². The number of hydrogen-bond acceptors (Lipinski definition) is 6. The molecule has 25 heavy (non-hydrogen) atoms. The zero-order valence-corrected chi connectivity index (χ0v) is 14.2. The number of anilines is 2. The lowest BCUT2D eigenvalue weighted by molar-refractivity contribution is -0.385. The normalized spacial score (nSPS) is 10.0. The van der Waals surface area contributed by atoms with Crippen LogP contribution < -0.4 is 20.1 Å². The maximum Gasteiger partial charge on any atom is 0.311 e. The van der Waals surface area contributed by atoms with Crippen LogP contribution in [0.4, 0.5) is 17.1 Å². The second-order valence-corrected chi connectivity index (χ2v) is 5.20. The maximum atomic E-state index is 12.2. The molecule has 0 aliphatic heterocycles. The van der Waals surface area contributed by atoms with Crippen molar-refractivity contribution in [1.29, 1.82) is 0 Å². The van der Waals surface area contributed by atoms with E-state index in [0.717, 1.165) is 0 Å². The smallest absolute Gasteiger partial charge is 0.311 e. The zero-order chi connectivity index (χ0) is 18.4. The van der Waals surface area contributed by atoms with Gasteiger partial charge in [0.15, 0.2) is 5.75 Å². The van der Waals surface area contributed by atoms with E-state index in [0.29, 0.717) is 22.7 Å². The molecule has 0 saturated carbocycles. The lowest BCUT2D eigenvalue weighted by Crippen LogP contribution is -2.22. The Morgan fingerprint density at radius 2 is 1.80 bits per heavy atom. The molecule has 1 amide bonds. The third-order valence-electron chi connectivity index (χ3n) is 3.54. The van der Waals surface area contributed by atoms with Crippen LogP contribution in [0.2, 0.25) is 0 Å². The molecular formula is C17H19N3O5. The van der Waals surface area contributed by atoms with E-state index in [1.165, 1.54) is 19.2 Å². The molecule has 0 unspecified atom stereocenters. The van der Waals surface area contributed by atoms with Crippen molar-refractivity contribution < 1.29 is 19.2 Å².